The van der Waals surface area contributed by atoms with Crippen molar-refractivity contribution in [3.63, 3.8) is 0 Å². The van der Waals surface area contributed by atoms with Crippen LogP contribution in [0.3, 0.4) is 0 Å². The molecule has 1 N–H and O–H groups in total. The van der Waals surface area contributed by atoms with Crippen molar-refractivity contribution in [1.82, 2.24) is 10.2 Å². The molecule has 32 heavy (non-hydrogen) atoms. The first-order chi connectivity index (χ1) is 15.1. The minimum absolute atomic E-state index is 0.0110. The highest BCUT2D eigenvalue weighted by Crippen LogP contribution is 2.19. The highest BCUT2D eigenvalue weighted by molar-refractivity contribution is 7.92. The Hall–Kier alpha value is -2.94. The predicted octanol–water partition coefficient (Wildman–Crippen LogP) is 2.93. The van der Waals surface area contributed by atoms with Crippen LogP contribution in [0.25, 0.3) is 0 Å². The molecule has 0 aliphatic heterocycles. The number of hydrogen-bond acceptors (Lipinski definition) is 4. The Morgan fingerprint density at radius 1 is 1.06 bits per heavy atom. The average molecular weight is 464 g/mol. The smallest absolute Gasteiger partial charge is 0.242 e. The lowest BCUT2D eigenvalue weighted by Gasteiger charge is -2.29. The summed E-state index contributed by atoms with van der Waals surface area (Å²) in [4.78, 5) is 26.7. The summed E-state index contributed by atoms with van der Waals surface area (Å²) in [6.07, 6.45) is 1.37. The number of nitrogens with one attached hydrogen (secondary N) is 1. The van der Waals surface area contributed by atoms with E-state index in [-0.39, 0.29) is 37.7 Å². The van der Waals surface area contributed by atoms with Crippen LogP contribution in [0, 0.1) is 5.82 Å². The molecular weight excluding hydrogens is 433 g/mol. The summed E-state index contributed by atoms with van der Waals surface area (Å²) < 4.78 is 39.9. The van der Waals surface area contributed by atoms with E-state index in [9.17, 15) is 22.4 Å². The Balaban J connectivity index is 2.14. The van der Waals surface area contributed by atoms with Crippen LogP contribution in [0.1, 0.15) is 32.3 Å². The van der Waals surface area contributed by atoms with Crippen LogP contribution < -0.4 is 9.62 Å². The highest BCUT2D eigenvalue weighted by Gasteiger charge is 2.27. The largest absolute Gasteiger partial charge is 0.355 e. The maximum Gasteiger partial charge on any atom is 0.242 e. The lowest BCUT2D eigenvalue weighted by atomic mass is 10.1. The summed E-state index contributed by atoms with van der Waals surface area (Å²) in [6.45, 7) is 3.83. The zero-order valence-electron chi connectivity index (χ0n) is 18.6. The van der Waals surface area contributed by atoms with E-state index in [1.54, 1.807) is 62.4 Å². The predicted molar refractivity (Wildman–Crippen MR) is 123 cm³/mol. The van der Waals surface area contributed by atoms with Crippen LogP contribution in [-0.2, 0) is 26.2 Å². The van der Waals surface area contributed by atoms with Crippen molar-refractivity contribution >= 4 is 27.5 Å². The first kappa shape index (κ1) is 25.3. The van der Waals surface area contributed by atoms with E-state index in [4.69, 9.17) is 0 Å². The van der Waals surface area contributed by atoms with Gasteiger partial charge in [0.25, 0.3) is 0 Å². The van der Waals surface area contributed by atoms with E-state index < -0.39 is 21.9 Å². The van der Waals surface area contributed by atoms with Crippen molar-refractivity contribution in [3.8, 4) is 0 Å². The molecule has 0 radical (unpaired) electrons. The first-order valence-electron chi connectivity index (χ1n) is 10.5. The Bertz CT molecular complexity index is 1010. The van der Waals surface area contributed by atoms with Crippen molar-refractivity contribution in [2.24, 2.45) is 0 Å². The van der Waals surface area contributed by atoms with Crippen molar-refractivity contribution < 1.29 is 22.4 Å². The molecular formula is C23H30FN3O4S. The minimum Gasteiger partial charge on any atom is -0.355 e. The number of para-hydroxylation sites is 1. The first-order valence-corrected chi connectivity index (χ1v) is 12.3. The minimum atomic E-state index is -3.53. The summed E-state index contributed by atoms with van der Waals surface area (Å²) in [5, 5.41) is 2.68. The summed E-state index contributed by atoms with van der Waals surface area (Å²) in [5.41, 5.74) is 0.820. The molecule has 0 heterocycles. The van der Waals surface area contributed by atoms with Crippen molar-refractivity contribution in [1.29, 1.82) is 0 Å². The fourth-order valence-corrected chi connectivity index (χ4v) is 4.28. The Morgan fingerprint density at radius 3 is 2.28 bits per heavy atom. The average Bonchev–Trinajstić information content (AvgIpc) is 2.75. The zero-order chi connectivity index (χ0) is 23.7. The van der Waals surface area contributed by atoms with Crippen LogP contribution in [0.2, 0.25) is 0 Å². The maximum atomic E-state index is 14.2. The fourth-order valence-electron chi connectivity index (χ4n) is 3.31. The number of hydrogen-bond donors (Lipinski definition) is 1. The van der Waals surface area contributed by atoms with Gasteiger partial charge in [-0.3, -0.25) is 13.9 Å². The molecule has 2 aromatic rings. The second-order valence-corrected chi connectivity index (χ2v) is 9.36. The molecule has 2 rings (SSSR count). The molecule has 0 saturated carbocycles. The van der Waals surface area contributed by atoms with Gasteiger partial charge in [-0.25, -0.2) is 12.8 Å². The third-order valence-corrected chi connectivity index (χ3v) is 6.21. The van der Waals surface area contributed by atoms with E-state index in [0.717, 1.165) is 6.26 Å². The van der Waals surface area contributed by atoms with Crippen molar-refractivity contribution in [3.05, 3.63) is 66.0 Å². The normalized spacial score (nSPS) is 12.1. The summed E-state index contributed by atoms with van der Waals surface area (Å²) in [7, 11) is -3.53. The monoisotopic (exact) mass is 463 g/mol. The van der Waals surface area contributed by atoms with Gasteiger partial charge < -0.3 is 10.2 Å². The SMILES string of the molecule is CCNC(=O)C(C)N(Cc1ccccc1F)C(=O)CCCN(c1ccccc1)S(C)(=O)=O. The molecule has 1 atom stereocenters. The number of nitrogens with zero attached hydrogens (tertiary/aromatic N) is 2. The molecule has 2 amide bonds. The Labute approximate surface area is 189 Å². The van der Waals surface area contributed by atoms with Gasteiger partial charge in [-0.05, 0) is 38.5 Å². The fraction of sp³-hybridized carbons (Fsp3) is 0.391. The number of halogens is 1. The lowest BCUT2D eigenvalue weighted by molar-refractivity contribution is -0.140. The van der Waals surface area contributed by atoms with Gasteiger partial charge in [0.2, 0.25) is 21.8 Å². The molecule has 0 fully saturated rings. The van der Waals surface area contributed by atoms with E-state index in [1.807, 2.05) is 0 Å². The van der Waals surface area contributed by atoms with Crippen LogP contribution in [0.5, 0.6) is 0 Å². The van der Waals surface area contributed by atoms with Gasteiger partial charge in [-0.15, -0.1) is 0 Å². The number of benzene rings is 2. The van der Waals surface area contributed by atoms with Crippen molar-refractivity contribution in [2.45, 2.75) is 39.3 Å². The highest BCUT2D eigenvalue weighted by atomic mass is 32.2. The number of carbonyl (C=O) groups excluding carboxylic acids is 2. The van der Waals surface area contributed by atoms with Gasteiger partial charge in [0, 0.05) is 31.6 Å². The third kappa shape index (κ3) is 7.05. The number of rotatable bonds is 11. The summed E-state index contributed by atoms with van der Waals surface area (Å²) in [5.74, 6) is -1.14. The maximum absolute atomic E-state index is 14.2. The standard InChI is InChI=1S/C23H30FN3O4S/c1-4-25-23(29)18(2)26(17-19-11-8-9-14-21(19)24)22(28)15-10-16-27(32(3,30)31)20-12-6-5-7-13-20/h5-9,11-14,18H,4,10,15-17H2,1-3H3,(H,25,29). The molecule has 2 aromatic carbocycles. The van der Waals surface area contributed by atoms with E-state index in [2.05, 4.69) is 5.32 Å². The van der Waals surface area contributed by atoms with Crippen LogP contribution in [-0.4, -0.2) is 50.5 Å². The summed E-state index contributed by atoms with van der Waals surface area (Å²) in [6, 6.07) is 13.9. The molecule has 0 aliphatic carbocycles. The molecule has 0 aliphatic rings. The van der Waals surface area contributed by atoms with Crippen LogP contribution >= 0.6 is 0 Å². The zero-order valence-corrected chi connectivity index (χ0v) is 19.4. The second-order valence-electron chi connectivity index (χ2n) is 7.46. The van der Waals surface area contributed by atoms with E-state index in [0.29, 0.717) is 17.8 Å². The number of sulfonamides is 1. The van der Waals surface area contributed by atoms with E-state index in [1.165, 1.54) is 15.3 Å². The number of carbonyl (C=O) groups is 2. The second kappa shape index (κ2) is 11.6. The molecule has 9 heteroatoms. The van der Waals surface area contributed by atoms with Gasteiger partial charge in [-0.2, -0.15) is 0 Å². The third-order valence-electron chi connectivity index (χ3n) is 5.01. The van der Waals surface area contributed by atoms with Gasteiger partial charge in [-0.1, -0.05) is 36.4 Å². The molecule has 0 bridgehead atoms. The van der Waals surface area contributed by atoms with Crippen LogP contribution in [0.4, 0.5) is 10.1 Å². The van der Waals surface area contributed by atoms with Crippen LogP contribution in [0.15, 0.2) is 54.6 Å². The van der Waals surface area contributed by atoms with Crippen molar-refractivity contribution in [2.75, 3.05) is 23.7 Å². The Kier molecular flexibility index (Phi) is 9.19. The topological polar surface area (TPSA) is 86.8 Å². The quantitative estimate of drug-likeness (QED) is 0.555. The van der Waals surface area contributed by atoms with E-state index >= 15 is 0 Å². The molecule has 0 spiro atoms. The summed E-state index contributed by atoms with van der Waals surface area (Å²) >= 11 is 0. The number of likely N-dealkylation sites (N-methyl/N-ethyl adjacent to an activating group) is 1. The van der Waals surface area contributed by atoms with Gasteiger partial charge in [0.05, 0.1) is 11.9 Å². The molecule has 7 nitrogen and oxygen atoms in total. The molecule has 0 saturated heterocycles. The Morgan fingerprint density at radius 2 is 1.69 bits per heavy atom. The molecule has 0 aromatic heterocycles. The molecule has 1 unspecified atom stereocenters. The van der Waals surface area contributed by atoms with Gasteiger partial charge in [0.15, 0.2) is 0 Å². The number of anilines is 1. The lowest BCUT2D eigenvalue weighted by Crippen LogP contribution is -2.47. The van der Waals surface area contributed by atoms with Gasteiger partial charge >= 0.3 is 0 Å². The molecule has 174 valence electrons. The van der Waals surface area contributed by atoms with Gasteiger partial charge in [0.1, 0.15) is 11.9 Å². The number of amides is 2.